The van der Waals surface area contributed by atoms with E-state index in [-0.39, 0.29) is 17.9 Å². The first kappa shape index (κ1) is 15.9. The van der Waals surface area contributed by atoms with Crippen molar-refractivity contribution < 1.29 is 17.9 Å². The number of nitrogens with zero attached hydrogens (tertiary/aromatic N) is 3. The van der Waals surface area contributed by atoms with Gasteiger partial charge in [-0.25, -0.2) is 15.0 Å². The Morgan fingerprint density at radius 2 is 1.83 bits per heavy atom. The van der Waals surface area contributed by atoms with Crippen LogP contribution in [0.4, 0.5) is 13.2 Å². The Bertz CT molecular complexity index is 840. The van der Waals surface area contributed by atoms with Gasteiger partial charge in [-0.3, -0.25) is 0 Å². The van der Waals surface area contributed by atoms with Crippen molar-refractivity contribution in [3.8, 4) is 5.75 Å². The van der Waals surface area contributed by atoms with Gasteiger partial charge in [0.1, 0.15) is 18.1 Å². The maximum absolute atomic E-state index is 13.0. The standard InChI is InChI=1S/C15H9F3IN3O/c16-15(17,18)13-7-12(23-8-14-20-4-1-5-21-14)10-6-9(19)2-3-11(10)22-13/h1-7H,8H2. The molecule has 0 amide bonds. The zero-order chi connectivity index (χ0) is 16.4. The zero-order valence-electron chi connectivity index (χ0n) is 11.5. The fourth-order valence-corrected chi connectivity index (χ4v) is 2.47. The van der Waals surface area contributed by atoms with E-state index in [1.807, 2.05) is 0 Å². The van der Waals surface area contributed by atoms with Gasteiger partial charge in [-0.2, -0.15) is 13.2 Å². The summed E-state index contributed by atoms with van der Waals surface area (Å²) in [6, 6.07) is 7.51. The van der Waals surface area contributed by atoms with Crippen molar-refractivity contribution in [1.29, 1.82) is 0 Å². The molecule has 8 heteroatoms. The highest BCUT2D eigenvalue weighted by molar-refractivity contribution is 14.1. The van der Waals surface area contributed by atoms with E-state index in [2.05, 4.69) is 37.5 Å². The number of rotatable bonds is 3. The molecule has 23 heavy (non-hydrogen) atoms. The van der Waals surface area contributed by atoms with E-state index in [1.54, 1.807) is 30.6 Å². The van der Waals surface area contributed by atoms with Gasteiger partial charge in [-0.15, -0.1) is 0 Å². The number of fused-ring (bicyclic) bond motifs is 1. The molecule has 0 fully saturated rings. The zero-order valence-corrected chi connectivity index (χ0v) is 13.7. The van der Waals surface area contributed by atoms with Gasteiger partial charge in [-0.05, 0) is 46.9 Å². The summed E-state index contributed by atoms with van der Waals surface area (Å²) in [7, 11) is 0. The van der Waals surface area contributed by atoms with E-state index in [1.165, 1.54) is 6.07 Å². The van der Waals surface area contributed by atoms with Crippen molar-refractivity contribution in [2.75, 3.05) is 0 Å². The molecule has 0 unspecified atom stereocenters. The van der Waals surface area contributed by atoms with Gasteiger partial charge in [0, 0.05) is 27.4 Å². The first-order valence-corrected chi connectivity index (χ1v) is 7.57. The summed E-state index contributed by atoms with van der Waals surface area (Å²) in [6.45, 7) is -0.0251. The summed E-state index contributed by atoms with van der Waals surface area (Å²) in [5.41, 5.74) is -0.764. The number of pyridine rings is 1. The number of hydrogen-bond donors (Lipinski definition) is 0. The molecule has 2 heterocycles. The lowest BCUT2D eigenvalue weighted by Gasteiger charge is -2.12. The molecular weight excluding hydrogens is 422 g/mol. The van der Waals surface area contributed by atoms with Crippen molar-refractivity contribution in [3.05, 3.63) is 57.8 Å². The van der Waals surface area contributed by atoms with Crippen LogP contribution in [0.25, 0.3) is 10.9 Å². The third-order valence-corrected chi connectivity index (χ3v) is 3.67. The second-order valence-electron chi connectivity index (χ2n) is 4.62. The highest BCUT2D eigenvalue weighted by Crippen LogP contribution is 2.34. The Kier molecular flexibility index (Phi) is 4.33. The molecule has 0 aliphatic rings. The molecule has 0 radical (unpaired) electrons. The van der Waals surface area contributed by atoms with Crippen LogP contribution in [0, 0.1) is 3.57 Å². The van der Waals surface area contributed by atoms with Crippen molar-refractivity contribution >= 4 is 33.5 Å². The second-order valence-corrected chi connectivity index (χ2v) is 5.86. The van der Waals surface area contributed by atoms with Gasteiger partial charge in [0.25, 0.3) is 0 Å². The summed E-state index contributed by atoms with van der Waals surface area (Å²) in [6.07, 6.45) is -1.46. The molecule has 0 saturated heterocycles. The van der Waals surface area contributed by atoms with Crippen molar-refractivity contribution in [2.24, 2.45) is 0 Å². The highest BCUT2D eigenvalue weighted by atomic mass is 127. The van der Waals surface area contributed by atoms with Crippen LogP contribution in [0.3, 0.4) is 0 Å². The molecular formula is C15H9F3IN3O. The molecule has 0 atom stereocenters. The van der Waals surface area contributed by atoms with E-state index >= 15 is 0 Å². The van der Waals surface area contributed by atoms with Crippen LogP contribution in [0.15, 0.2) is 42.7 Å². The van der Waals surface area contributed by atoms with Crippen molar-refractivity contribution in [3.63, 3.8) is 0 Å². The minimum atomic E-state index is -4.54. The predicted molar refractivity (Wildman–Crippen MR) is 85.8 cm³/mol. The van der Waals surface area contributed by atoms with Crippen LogP contribution in [0.2, 0.25) is 0 Å². The van der Waals surface area contributed by atoms with E-state index in [0.717, 1.165) is 9.64 Å². The van der Waals surface area contributed by atoms with Gasteiger partial charge in [-0.1, -0.05) is 0 Å². The molecule has 0 aliphatic heterocycles. The molecule has 0 aliphatic carbocycles. The molecule has 0 saturated carbocycles. The molecule has 118 valence electrons. The molecule has 3 rings (SSSR count). The van der Waals surface area contributed by atoms with E-state index < -0.39 is 11.9 Å². The van der Waals surface area contributed by atoms with Gasteiger partial charge in [0.2, 0.25) is 0 Å². The quantitative estimate of drug-likeness (QED) is 0.583. The Morgan fingerprint density at radius 1 is 1.09 bits per heavy atom. The maximum Gasteiger partial charge on any atom is 0.433 e. The monoisotopic (exact) mass is 431 g/mol. The SMILES string of the molecule is FC(F)(F)c1cc(OCc2ncccn2)c2cc(I)ccc2n1. The first-order valence-electron chi connectivity index (χ1n) is 6.50. The molecule has 4 nitrogen and oxygen atoms in total. The average Bonchev–Trinajstić information content (AvgIpc) is 2.52. The largest absolute Gasteiger partial charge is 0.485 e. The fraction of sp³-hybridized carbons (Fsp3) is 0.133. The van der Waals surface area contributed by atoms with Gasteiger partial charge >= 0.3 is 6.18 Å². The lowest BCUT2D eigenvalue weighted by Crippen LogP contribution is -2.09. The molecule has 0 spiro atoms. The lowest BCUT2D eigenvalue weighted by atomic mass is 10.2. The smallest absolute Gasteiger partial charge is 0.433 e. The lowest BCUT2D eigenvalue weighted by molar-refractivity contribution is -0.141. The highest BCUT2D eigenvalue weighted by Gasteiger charge is 2.33. The Balaban J connectivity index is 2.03. The summed E-state index contributed by atoms with van der Waals surface area (Å²) in [5.74, 6) is 0.491. The fourth-order valence-electron chi connectivity index (χ4n) is 1.98. The van der Waals surface area contributed by atoms with Crippen LogP contribution in [-0.4, -0.2) is 15.0 Å². The number of halogens is 4. The molecule has 0 bridgehead atoms. The molecule has 3 aromatic rings. The van der Waals surface area contributed by atoms with Crippen LogP contribution >= 0.6 is 22.6 Å². The number of aromatic nitrogens is 3. The summed E-state index contributed by atoms with van der Waals surface area (Å²) in [5, 5.41) is 0.515. The Labute approximate surface area is 142 Å². The Morgan fingerprint density at radius 3 is 2.52 bits per heavy atom. The van der Waals surface area contributed by atoms with Gasteiger partial charge < -0.3 is 4.74 Å². The topological polar surface area (TPSA) is 47.9 Å². The molecule has 2 aromatic heterocycles. The summed E-state index contributed by atoms with van der Waals surface area (Å²) >= 11 is 2.08. The third-order valence-electron chi connectivity index (χ3n) is 3.00. The van der Waals surface area contributed by atoms with E-state index in [0.29, 0.717) is 11.2 Å². The summed E-state index contributed by atoms with van der Waals surface area (Å²) < 4.78 is 45.4. The second kappa shape index (κ2) is 6.26. The van der Waals surface area contributed by atoms with E-state index in [4.69, 9.17) is 4.74 Å². The van der Waals surface area contributed by atoms with Crippen LogP contribution in [-0.2, 0) is 12.8 Å². The number of ether oxygens (including phenoxy) is 1. The Hall–Kier alpha value is -1.97. The third kappa shape index (κ3) is 3.69. The number of benzene rings is 1. The van der Waals surface area contributed by atoms with Gasteiger partial charge in [0.15, 0.2) is 5.82 Å². The maximum atomic E-state index is 13.0. The molecule has 1 aromatic carbocycles. The van der Waals surface area contributed by atoms with E-state index in [9.17, 15) is 13.2 Å². The van der Waals surface area contributed by atoms with Crippen LogP contribution in [0.5, 0.6) is 5.75 Å². The predicted octanol–water partition coefficient (Wildman–Crippen LogP) is 4.23. The van der Waals surface area contributed by atoms with Crippen molar-refractivity contribution in [2.45, 2.75) is 12.8 Å². The normalized spacial score (nSPS) is 11.7. The average molecular weight is 431 g/mol. The minimum Gasteiger partial charge on any atom is -0.485 e. The van der Waals surface area contributed by atoms with Crippen LogP contribution < -0.4 is 4.74 Å². The number of alkyl halides is 3. The molecule has 0 N–H and O–H groups in total. The van der Waals surface area contributed by atoms with Crippen LogP contribution in [0.1, 0.15) is 11.5 Å². The minimum absolute atomic E-state index is 0.0251. The summed E-state index contributed by atoms with van der Waals surface area (Å²) in [4.78, 5) is 11.6. The number of hydrogen-bond acceptors (Lipinski definition) is 4. The first-order chi connectivity index (χ1) is 10.9. The van der Waals surface area contributed by atoms with Gasteiger partial charge in [0.05, 0.1) is 5.52 Å². The van der Waals surface area contributed by atoms with Crippen molar-refractivity contribution in [1.82, 2.24) is 15.0 Å².